The fourth-order valence-corrected chi connectivity index (χ4v) is 3.40. The lowest BCUT2D eigenvalue weighted by atomic mass is 9.90. The minimum atomic E-state index is -0.0486. The van der Waals surface area contributed by atoms with Crippen LogP contribution in [-0.4, -0.2) is 76.7 Å². The van der Waals surface area contributed by atoms with Crippen LogP contribution in [0.25, 0.3) is 0 Å². The first kappa shape index (κ1) is 15.8. The van der Waals surface area contributed by atoms with Crippen LogP contribution >= 0.6 is 11.6 Å². The van der Waals surface area contributed by atoms with Crippen LogP contribution in [0, 0.1) is 0 Å². The summed E-state index contributed by atoms with van der Waals surface area (Å²) in [6, 6.07) is 0. The number of likely N-dealkylation sites (N-methyl/N-ethyl adjacent to an activating group) is 1. The Morgan fingerprint density at radius 2 is 2.00 bits per heavy atom. The molecule has 122 valence electrons. The summed E-state index contributed by atoms with van der Waals surface area (Å²) < 4.78 is 1.91. The first-order chi connectivity index (χ1) is 10.3. The molecular weight excluding hydrogens is 302 g/mol. The number of amides is 1. The van der Waals surface area contributed by atoms with Crippen LogP contribution in [0.4, 0.5) is 0 Å². The van der Waals surface area contributed by atoms with E-state index in [9.17, 15) is 4.79 Å². The Hall–Kier alpha value is -1.11. The van der Waals surface area contributed by atoms with E-state index in [2.05, 4.69) is 28.9 Å². The van der Waals surface area contributed by atoms with Gasteiger partial charge in [0, 0.05) is 32.7 Å². The van der Waals surface area contributed by atoms with Crippen molar-refractivity contribution in [3.05, 3.63) is 16.4 Å². The number of carbonyl (C=O) groups is 1. The number of fused-ring (bicyclic) bond motifs is 1. The topological polar surface area (TPSA) is 44.6 Å². The smallest absolute Gasteiger partial charge is 0.276 e. The summed E-state index contributed by atoms with van der Waals surface area (Å²) in [7, 11) is 6.16. The van der Waals surface area contributed by atoms with Crippen molar-refractivity contribution in [2.45, 2.75) is 32.0 Å². The molecule has 0 radical (unpaired) electrons. The van der Waals surface area contributed by atoms with E-state index in [0.29, 0.717) is 10.7 Å². The Kier molecular flexibility index (Phi) is 3.95. The summed E-state index contributed by atoms with van der Waals surface area (Å²) in [4.78, 5) is 18.9. The van der Waals surface area contributed by atoms with Gasteiger partial charge in [-0.3, -0.25) is 9.48 Å². The summed E-state index contributed by atoms with van der Waals surface area (Å²) in [5.41, 5.74) is 1.42. The fraction of sp³-hybridized carbons (Fsp3) is 0.733. The SMILES string of the molecule is CN1CCCn2nc(C(=O)N3CC(C)(N(C)C)C3)c(Cl)c2C1. The van der Waals surface area contributed by atoms with Crippen LogP contribution in [0.3, 0.4) is 0 Å². The van der Waals surface area contributed by atoms with Crippen molar-refractivity contribution in [2.75, 3.05) is 40.8 Å². The summed E-state index contributed by atoms with van der Waals surface area (Å²) >= 11 is 6.47. The molecule has 0 aromatic carbocycles. The highest BCUT2D eigenvalue weighted by Gasteiger charge is 2.44. The lowest BCUT2D eigenvalue weighted by Crippen LogP contribution is -2.68. The maximum absolute atomic E-state index is 12.7. The molecule has 1 aromatic rings. The fourth-order valence-electron chi connectivity index (χ4n) is 3.12. The molecule has 1 aromatic heterocycles. The molecule has 2 aliphatic heterocycles. The molecule has 0 unspecified atom stereocenters. The number of likely N-dealkylation sites (tertiary alicyclic amines) is 1. The number of aromatic nitrogens is 2. The Labute approximate surface area is 136 Å². The standard InChI is InChI=1S/C15H24ClN5O/c1-15(18(2)3)9-20(10-15)14(22)13-12(16)11-8-19(4)6-5-7-21(11)17-13/h5-10H2,1-4H3. The Morgan fingerprint density at radius 3 is 2.64 bits per heavy atom. The zero-order valence-corrected chi connectivity index (χ0v) is 14.5. The van der Waals surface area contributed by atoms with E-state index >= 15 is 0 Å². The number of aryl methyl sites for hydroxylation is 1. The molecule has 0 saturated carbocycles. The zero-order valence-electron chi connectivity index (χ0n) is 13.8. The van der Waals surface area contributed by atoms with Gasteiger partial charge >= 0.3 is 0 Å². The molecule has 22 heavy (non-hydrogen) atoms. The van der Waals surface area contributed by atoms with Crippen molar-refractivity contribution in [2.24, 2.45) is 0 Å². The molecule has 1 saturated heterocycles. The molecule has 0 bridgehead atoms. The highest BCUT2D eigenvalue weighted by atomic mass is 35.5. The second-order valence-corrected chi connectivity index (χ2v) is 7.35. The Balaban J connectivity index is 1.79. The van der Waals surface area contributed by atoms with Gasteiger partial charge in [-0.15, -0.1) is 0 Å². The van der Waals surface area contributed by atoms with E-state index in [0.717, 1.165) is 44.8 Å². The third kappa shape index (κ3) is 2.53. The Bertz CT molecular complexity index is 591. The zero-order chi connectivity index (χ0) is 16.1. The van der Waals surface area contributed by atoms with Gasteiger partial charge in [0.15, 0.2) is 5.69 Å². The maximum Gasteiger partial charge on any atom is 0.276 e. The van der Waals surface area contributed by atoms with Crippen molar-refractivity contribution >= 4 is 17.5 Å². The number of hydrogen-bond acceptors (Lipinski definition) is 4. The summed E-state index contributed by atoms with van der Waals surface area (Å²) in [5, 5.41) is 5.02. The molecule has 3 rings (SSSR count). The molecule has 0 spiro atoms. The maximum atomic E-state index is 12.7. The Morgan fingerprint density at radius 1 is 1.32 bits per heavy atom. The minimum absolute atomic E-state index is 0.0486. The van der Waals surface area contributed by atoms with Gasteiger partial charge < -0.3 is 14.7 Å². The van der Waals surface area contributed by atoms with E-state index in [4.69, 9.17) is 11.6 Å². The second kappa shape index (κ2) is 5.51. The van der Waals surface area contributed by atoms with Crippen LogP contribution in [0.15, 0.2) is 0 Å². The largest absolute Gasteiger partial charge is 0.333 e. The number of hydrogen-bond donors (Lipinski definition) is 0. The normalized spacial score (nSPS) is 21.5. The van der Waals surface area contributed by atoms with Crippen molar-refractivity contribution in [3.8, 4) is 0 Å². The average Bonchev–Trinajstić information content (AvgIpc) is 2.61. The van der Waals surface area contributed by atoms with Crippen LogP contribution < -0.4 is 0 Å². The molecule has 0 atom stereocenters. The molecule has 3 heterocycles. The summed E-state index contributed by atoms with van der Waals surface area (Å²) in [5.74, 6) is -0.0486. The first-order valence-electron chi connectivity index (χ1n) is 7.72. The van der Waals surface area contributed by atoms with Crippen LogP contribution in [0.1, 0.15) is 29.5 Å². The average molecular weight is 326 g/mol. The van der Waals surface area contributed by atoms with Gasteiger partial charge in [-0.2, -0.15) is 5.10 Å². The quantitative estimate of drug-likeness (QED) is 0.818. The molecule has 7 heteroatoms. The van der Waals surface area contributed by atoms with Gasteiger partial charge in [-0.05, 0) is 34.5 Å². The van der Waals surface area contributed by atoms with Gasteiger partial charge in [-0.1, -0.05) is 11.6 Å². The van der Waals surface area contributed by atoms with E-state index in [1.807, 2.05) is 23.7 Å². The monoisotopic (exact) mass is 325 g/mol. The van der Waals surface area contributed by atoms with Gasteiger partial charge in [-0.25, -0.2) is 0 Å². The first-order valence-corrected chi connectivity index (χ1v) is 8.10. The predicted molar refractivity (Wildman–Crippen MR) is 86.2 cm³/mol. The number of rotatable bonds is 2. The van der Waals surface area contributed by atoms with Gasteiger partial charge in [0.2, 0.25) is 0 Å². The van der Waals surface area contributed by atoms with Crippen LogP contribution in [0.5, 0.6) is 0 Å². The van der Waals surface area contributed by atoms with Gasteiger partial charge in [0.05, 0.1) is 16.3 Å². The summed E-state index contributed by atoms with van der Waals surface area (Å²) in [6.45, 7) is 6.19. The molecule has 2 aliphatic rings. The molecular formula is C15H24ClN5O. The third-order valence-corrected chi connectivity index (χ3v) is 5.35. The van der Waals surface area contributed by atoms with Gasteiger partial charge in [0.25, 0.3) is 5.91 Å². The van der Waals surface area contributed by atoms with Crippen LogP contribution in [0.2, 0.25) is 5.02 Å². The lowest BCUT2D eigenvalue weighted by Gasteiger charge is -2.51. The highest BCUT2D eigenvalue weighted by Crippen LogP contribution is 2.30. The summed E-state index contributed by atoms with van der Waals surface area (Å²) in [6.07, 6.45) is 1.03. The molecule has 1 amide bonds. The minimum Gasteiger partial charge on any atom is -0.333 e. The molecule has 6 nitrogen and oxygen atoms in total. The number of halogens is 1. The lowest BCUT2D eigenvalue weighted by molar-refractivity contribution is -0.00710. The van der Waals surface area contributed by atoms with Gasteiger partial charge in [0.1, 0.15) is 0 Å². The molecule has 1 fully saturated rings. The predicted octanol–water partition coefficient (Wildman–Crippen LogP) is 1.15. The van der Waals surface area contributed by atoms with Crippen molar-refractivity contribution in [1.82, 2.24) is 24.5 Å². The third-order valence-electron chi connectivity index (χ3n) is 4.96. The van der Waals surface area contributed by atoms with E-state index < -0.39 is 0 Å². The van der Waals surface area contributed by atoms with Crippen molar-refractivity contribution in [1.29, 1.82) is 0 Å². The highest BCUT2D eigenvalue weighted by molar-refractivity contribution is 6.34. The number of nitrogens with zero attached hydrogens (tertiary/aromatic N) is 5. The number of carbonyl (C=O) groups excluding carboxylic acids is 1. The second-order valence-electron chi connectivity index (χ2n) is 6.98. The molecule has 0 aliphatic carbocycles. The van der Waals surface area contributed by atoms with E-state index in [1.165, 1.54) is 0 Å². The van der Waals surface area contributed by atoms with E-state index in [1.54, 1.807) is 0 Å². The van der Waals surface area contributed by atoms with Crippen molar-refractivity contribution in [3.63, 3.8) is 0 Å². The molecule has 0 N–H and O–H groups in total. The van der Waals surface area contributed by atoms with Crippen LogP contribution in [-0.2, 0) is 13.1 Å². The van der Waals surface area contributed by atoms with Crippen molar-refractivity contribution < 1.29 is 4.79 Å². The van der Waals surface area contributed by atoms with E-state index in [-0.39, 0.29) is 11.4 Å².